The van der Waals surface area contributed by atoms with Crippen LogP contribution in [0, 0.1) is 47.3 Å². The number of carboxylic acid groups (broad SMARTS) is 1. The number of carboxylic acids is 1. The molecule has 0 saturated heterocycles. The number of methoxy groups -OCH3 is 4. The summed E-state index contributed by atoms with van der Waals surface area (Å²) in [7, 11) is 5.16. The smallest absolute Gasteiger partial charge is 0.307 e. The Morgan fingerprint density at radius 3 is 1.22 bits per heavy atom. The summed E-state index contributed by atoms with van der Waals surface area (Å²) in [5.74, 6) is -1.18. The summed E-state index contributed by atoms with van der Waals surface area (Å²) >= 11 is 0. The highest BCUT2D eigenvalue weighted by Crippen LogP contribution is 2.33. The monoisotopic (exact) mass is 983 g/mol. The van der Waals surface area contributed by atoms with Crippen LogP contribution in [0.15, 0.2) is 60.7 Å². The number of rotatable bonds is 30. The summed E-state index contributed by atoms with van der Waals surface area (Å²) in [5, 5.41) is 12.1. The van der Waals surface area contributed by atoms with Gasteiger partial charge in [-0.2, -0.15) is 0 Å². The van der Waals surface area contributed by atoms with Gasteiger partial charge in [0.1, 0.15) is 0 Å². The van der Waals surface area contributed by atoms with E-state index in [9.17, 15) is 24.3 Å². The van der Waals surface area contributed by atoms with Crippen molar-refractivity contribution in [1.82, 2.24) is 10.2 Å². The Hall–Kier alpha value is -4.43. The van der Waals surface area contributed by atoms with Crippen molar-refractivity contribution >= 4 is 35.9 Å². The van der Waals surface area contributed by atoms with Gasteiger partial charge in [-0.25, -0.2) is 0 Å². The number of hydrogen-bond donors (Lipinski definition) is 2. The normalized spacial score (nSPS) is 14.6. The van der Waals surface area contributed by atoms with Crippen molar-refractivity contribution in [3.8, 4) is 23.0 Å². The minimum atomic E-state index is -2.65. The summed E-state index contributed by atoms with van der Waals surface area (Å²) in [4.78, 5) is 52.2. The zero-order valence-corrected chi connectivity index (χ0v) is 44.2. The van der Waals surface area contributed by atoms with Crippen LogP contribution >= 0.6 is 12.4 Å². The molecule has 0 fully saturated rings. The van der Waals surface area contributed by atoms with Gasteiger partial charge in [0.15, 0.2) is 34.6 Å². The molecule has 4 atom stereocenters. The second-order valence-electron chi connectivity index (χ2n) is 18.0. The van der Waals surface area contributed by atoms with Crippen molar-refractivity contribution in [1.29, 1.82) is 0 Å². The fourth-order valence-corrected chi connectivity index (χ4v) is 6.90. The molecule has 13 nitrogen and oxygen atoms in total. The molecule has 0 bridgehead atoms. The number of carbonyl (C=O) groups is 4. The largest absolute Gasteiger partial charge is 0.493 e. The molecule has 0 aromatic heterocycles. The standard InChI is InChI=1S/C27H43NO5.C25H38O6.C2H7N.ClH/c1-19(2)22(12-9-10-13-23(20(3)4)27(30)28(5)6)26(29)21-14-15-24(32-8)25(18-21)33-17-11-16-31-7;1-17(2)20(10-7-8-11-21(18(3)4)25(27)28)24(26)19-12-13-22(30-6)23(16-19)31-15-9-14-29-5;1-3-2;/h9-10,14-15,18-20,22-23H,11-13,16-17H2,1-8H3;7-8,12-13,16-18,20-21H,9-11,14-15H2,1-6H3,(H,27,28);3H,1-2H3;1H/b10-9+;8-7+;;/t22?,23-;20?,21-;;/m00../s1/i8D3;6D3;;. The number of ether oxygens (including phenoxy) is 6. The zero-order valence-electron chi connectivity index (χ0n) is 49.3. The molecule has 0 saturated carbocycles. The summed E-state index contributed by atoms with van der Waals surface area (Å²) in [6, 6.07) is 9.12. The van der Waals surface area contributed by atoms with Gasteiger partial charge < -0.3 is 43.7 Å². The quantitative estimate of drug-likeness (QED) is 0.0434. The van der Waals surface area contributed by atoms with Crippen molar-refractivity contribution in [2.75, 3.05) is 82.9 Å². The summed E-state index contributed by atoms with van der Waals surface area (Å²) in [6.45, 7) is 17.3. The first-order chi connectivity index (χ1) is 34.1. The number of halogens is 1. The zero-order chi connectivity index (χ0) is 56.1. The van der Waals surface area contributed by atoms with Crippen molar-refractivity contribution in [2.24, 2.45) is 47.3 Å². The van der Waals surface area contributed by atoms with Crippen LogP contribution in [0.4, 0.5) is 0 Å². The number of aliphatic carboxylic acids is 1. The number of benzene rings is 2. The van der Waals surface area contributed by atoms with Gasteiger partial charge in [-0.3, -0.25) is 19.2 Å². The average Bonchev–Trinajstić information content (AvgIpc) is 3.28. The van der Waals surface area contributed by atoms with Crippen LogP contribution in [0.25, 0.3) is 0 Å². The van der Waals surface area contributed by atoms with Gasteiger partial charge in [0, 0.05) is 83.3 Å². The SMILES string of the molecule is CNC.Cl.[2H]C([2H])([2H])Oc1ccc(C(=O)C(C/C=C/C[C@H](C(=O)N(C)C)C(C)C)C(C)C)cc1OCCCOC.[2H]C([2H])([2H])Oc1ccc(C(=O)C(C/C=C/C[C@H](C(=O)O)C(C)C)C(C)C)cc1OCCCOC. The van der Waals surface area contributed by atoms with Crippen LogP contribution in [-0.4, -0.2) is 116 Å². The lowest BCUT2D eigenvalue weighted by Crippen LogP contribution is -2.32. The van der Waals surface area contributed by atoms with E-state index in [-0.39, 0.29) is 101 Å². The Bertz CT molecular complexity index is 1990. The maximum atomic E-state index is 13.4. The van der Waals surface area contributed by atoms with Gasteiger partial charge in [0.25, 0.3) is 0 Å². The van der Waals surface area contributed by atoms with Crippen LogP contribution in [0.5, 0.6) is 23.0 Å². The van der Waals surface area contributed by atoms with E-state index in [1.165, 1.54) is 18.2 Å². The summed E-state index contributed by atoms with van der Waals surface area (Å²) < 4.78 is 76.0. The van der Waals surface area contributed by atoms with Crippen molar-refractivity contribution in [3.05, 3.63) is 71.8 Å². The van der Waals surface area contributed by atoms with Gasteiger partial charge in [-0.15, -0.1) is 12.4 Å². The predicted octanol–water partition coefficient (Wildman–Crippen LogP) is 10.8. The molecule has 0 aliphatic heterocycles. The van der Waals surface area contributed by atoms with E-state index in [0.717, 1.165) is 0 Å². The summed E-state index contributed by atoms with van der Waals surface area (Å²) in [5.41, 5.74) is 0.835. The van der Waals surface area contributed by atoms with Crippen LogP contribution < -0.4 is 24.3 Å². The van der Waals surface area contributed by atoms with Crippen LogP contribution in [0.1, 0.15) is 123 Å². The van der Waals surface area contributed by atoms with E-state index in [0.29, 0.717) is 69.5 Å². The number of carbonyl (C=O) groups excluding carboxylic acids is 3. The minimum absolute atomic E-state index is 0. The molecule has 2 aromatic rings. The maximum Gasteiger partial charge on any atom is 0.307 e. The predicted molar refractivity (Wildman–Crippen MR) is 277 cm³/mol. The van der Waals surface area contributed by atoms with E-state index in [1.54, 1.807) is 51.4 Å². The molecule has 2 unspecified atom stereocenters. The lowest BCUT2D eigenvalue weighted by Gasteiger charge is -2.22. The van der Waals surface area contributed by atoms with Gasteiger partial charge in [0.2, 0.25) is 5.91 Å². The molecule has 388 valence electrons. The first kappa shape index (κ1) is 54.5. The Morgan fingerprint density at radius 2 is 0.926 bits per heavy atom. The molecule has 0 aliphatic rings. The molecular weight excluding hydrogens is 888 g/mol. The summed E-state index contributed by atoms with van der Waals surface area (Å²) in [6.07, 6.45) is 10.9. The number of hydrogen-bond acceptors (Lipinski definition) is 11. The number of allylic oxidation sites excluding steroid dienone is 4. The Kier molecular flexibility index (Phi) is 30.0. The molecule has 1 amide bonds. The van der Waals surface area contributed by atoms with Crippen LogP contribution in [-0.2, 0) is 19.1 Å². The van der Waals surface area contributed by atoms with Crippen molar-refractivity contribution in [2.45, 2.75) is 93.9 Å². The third kappa shape index (κ3) is 24.7. The molecule has 68 heavy (non-hydrogen) atoms. The van der Waals surface area contributed by atoms with Gasteiger partial charge in [-0.05, 0) is 99.8 Å². The molecular formula is C54H89ClN2O11. The van der Waals surface area contributed by atoms with Gasteiger partial charge in [-0.1, -0.05) is 79.7 Å². The highest BCUT2D eigenvalue weighted by molar-refractivity contribution is 5.99. The lowest BCUT2D eigenvalue weighted by atomic mass is 9.84. The van der Waals surface area contributed by atoms with E-state index in [4.69, 9.17) is 36.6 Å². The lowest BCUT2D eigenvalue weighted by molar-refractivity contribution is -0.143. The highest BCUT2D eigenvalue weighted by atomic mass is 35.5. The first-order valence-corrected chi connectivity index (χ1v) is 23.4. The molecule has 0 spiro atoms. The second kappa shape index (κ2) is 37.5. The number of Topliss-reactive ketones (excluding diaryl/α,β-unsaturated/α-hetero) is 2. The third-order valence-electron chi connectivity index (χ3n) is 11.0. The molecule has 2 rings (SSSR count). The number of ketones is 2. The highest BCUT2D eigenvalue weighted by Gasteiger charge is 2.26. The number of amides is 1. The Balaban J connectivity index is 0. The molecule has 2 N–H and O–H groups in total. The Labute approximate surface area is 424 Å². The van der Waals surface area contributed by atoms with E-state index in [2.05, 4.69) is 5.32 Å². The Morgan fingerprint density at radius 1 is 0.588 bits per heavy atom. The molecule has 0 radical (unpaired) electrons. The van der Waals surface area contributed by atoms with E-state index < -0.39 is 26.0 Å². The van der Waals surface area contributed by atoms with Gasteiger partial charge >= 0.3 is 5.97 Å². The molecule has 2 aromatic carbocycles. The topological polar surface area (TPSA) is 159 Å². The minimum Gasteiger partial charge on any atom is -0.493 e. The van der Waals surface area contributed by atoms with Gasteiger partial charge in [0.05, 0.1) is 41.4 Å². The first-order valence-electron chi connectivity index (χ1n) is 26.4. The second-order valence-corrected chi connectivity index (χ2v) is 18.0. The molecule has 0 heterocycles. The third-order valence-corrected chi connectivity index (χ3v) is 11.0. The van der Waals surface area contributed by atoms with E-state index >= 15 is 0 Å². The van der Waals surface area contributed by atoms with Crippen LogP contribution in [0.2, 0.25) is 0 Å². The fourth-order valence-electron chi connectivity index (χ4n) is 6.90. The molecule has 0 aliphatic carbocycles. The number of nitrogens with one attached hydrogen (secondary N) is 1. The fraction of sp³-hybridized carbons (Fsp3) is 0.630. The van der Waals surface area contributed by atoms with E-state index in [1.807, 2.05) is 93.8 Å². The maximum absolute atomic E-state index is 13.4. The van der Waals surface area contributed by atoms with Crippen LogP contribution in [0.3, 0.4) is 0 Å². The number of nitrogens with zero attached hydrogens (tertiary/aromatic N) is 1. The average molecular weight is 984 g/mol. The van der Waals surface area contributed by atoms with Crippen molar-refractivity contribution in [3.63, 3.8) is 0 Å². The van der Waals surface area contributed by atoms with Crippen molar-refractivity contribution < 1.29 is 60.9 Å². The molecule has 14 heteroatoms.